The van der Waals surface area contributed by atoms with Gasteiger partial charge in [0.2, 0.25) is 0 Å². The van der Waals surface area contributed by atoms with E-state index in [1.165, 1.54) is 0 Å². The van der Waals surface area contributed by atoms with Crippen molar-refractivity contribution in [1.82, 2.24) is 4.98 Å². The third-order valence-electron chi connectivity index (χ3n) is 1.41. The predicted octanol–water partition coefficient (Wildman–Crippen LogP) is 3.81. The van der Waals surface area contributed by atoms with Gasteiger partial charge >= 0.3 is 0 Å². The summed E-state index contributed by atoms with van der Waals surface area (Å²) in [4.78, 5) is 14.1. The predicted molar refractivity (Wildman–Crippen MR) is 52.1 cm³/mol. The minimum atomic E-state index is -2.71. The first-order chi connectivity index (χ1) is 6.45. The van der Waals surface area contributed by atoms with E-state index in [9.17, 15) is 13.6 Å². The molecule has 0 fully saturated rings. The lowest BCUT2D eigenvalue weighted by molar-refractivity contribution is 0.107. The smallest absolute Gasteiger partial charge is 0.272 e. The van der Waals surface area contributed by atoms with Crippen molar-refractivity contribution in [1.29, 1.82) is 0 Å². The van der Waals surface area contributed by atoms with E-state index < -0.39 is 11.7 Å². The van der Waals surface area contributed by atoms with E-state index in [0.29, 0.717) is 0 Å². The molecule has 1 aromatic rings. The van der Waals surface area contributed by atoms with Gasteiger partial charge in [0.15, 0.2) is 0 Å². The Morgan fingerprint density at radius 1 is 1.57 bits per heavy atom. The number of nitrogens with zero attached hydrogens (tertiary/aromatic N) is 1. The number of pyridine rings is 1. The highest BCUT2D eigenvalue weighted by Gasteiger charge is 2.20. The van der Waals surface area contributed by atoms with Crippen LogP contribution in [0.2, 0.25) is 5.02 Å². The molecule has 1 rings (SSSR count). The molecule has 0 radical (unpaired) electrons. The van der Waals surface area contributed by atoms with Crippen molar-refractivity contribution >= 4 is 44.4 Å². The highest BCUT2D eigenvalue weighted by Crippen LogP contribution is 2.34. The first-order valence-electron chi connectivity index (χ1n) is 3.27. The van der Waals surface area contributed by atoms with E-state index in [0.717, 1.165) is 6.20 Å². The zero-order valence-corrected chi connectivity index (χ0v) is 9.50. The van der Waals surface area contributed by atoms with Gasteiger partial charge in [0.25, 0.3) is 11.7 Å². The zero-order valence-electron chi connectivity index (χ0n) is 6.40. The minimum Gasteiger partial charge on any atom is -0.274 e. The van der Waals surface area contributed by atoms with Crippen molar-refractivity contribution in [2.75, 3.05) is 0 Å². The van der Waals surface area contributed by atoms with Gasteiger partial charge < -0.3 is 0 Å². The molecule has 0 aromatic carbocycles. The Morgan fingerprint density at radius 2 is 2.14 bits per heavy atom. The van der Waals surface area contributed by atoms with Gasteiger partial charge in [-0.3, -0.25) is 4.79 Å². The van der Waals surface area contributed by atoms with Crippen LogP contribution in [0.5, 0.6) is 0 Å². The molecule has 0 amide bonds. The molecule has 0 atom stereocenters. The van der Waals surface area contributed by atoms with E-state index in [1.807, 2.05) is 0 Å². The number of rotatable bonds is 2. The molecular weight excluding hydrogens is 303 g/mol. The first kappa shape index (κ1) is 11.8. The molecule has 0 spiro atoms. The Hall–Kier alpha value is -0.260. The zero-order chi connectivity index (χ0) is 10.9. The molecule has 14 heavy (non-hydrogen) atoms. The van der Waals surface area contributed by atoms with Crippen LogP contribution < -0.4 is 0 Å². The molecule has 0 N–H and O–H groups in total. The summed E-state index contributed by atoms with van der Waals surface area (Å²) in [7, 11) is 0. The monoisotopic (exact) mass is 303 g/mol. The van der Waals surface area contributed by atoms with Crippen molar-refractivity contribution in [2.24, 2.45) is 0 Å². The fourth-order valence-corrected chi connectivity index (χ4v) is 1.67. The molecule has 2 nitrogen and oxygen atoms in total. The third kappa shape index (κ3) is 2.21. The van der Waals surface area contributed by atoms with Gasteiger partial charge in [-0.2, -0.15) is 0 Å². The van der Waals surface area contributed by atoms with Gasteiger partial charge in [-0.25, -0.2) is 13.8 Å². The minimum absolute atomic E-state index is 0.0619. The molecule has 0 unspecified atom stereocenters. The van der Waals surface area contributed by atoms with Crippen LogP contribution in [0.15, 0.2) is 10.7 Å². The summed E-state index contributed by atoms with van der Waals surface area (Å²) in [6.45, 7) is 0. The molecular formula is C7H2BrCl2F2NO. The SMILES string of the molecule is O=C(Cl)c1ncc(C(F)F)c(Br)c1Cl. The van der Waals surface area contributed by atoms with Gasteiger partial charge in [-0.15, -0.1) is 0 Å². The van der Waals surface area contributed by atoms with Crippen LogP contribution in [0.3, 0.4) is 0 Å². The molecule has 1 heterocycles. The number of hydrogen-bond donors (Lipinski definition) is 0. The number of carbonyl (C=O) groups is 1. The Balaban J connectivity index is 3.33. The van der Waals surface area contributed by atoms with Crippen LogP contribution in [0.4, 0.5) is 8.78 Å². The summed E-state index contributed by atoms with van der Waals surface area (Å²) in [5, 5.41) is -1.10. The first-order valence-corrected chi connectivity index (χ1v) is 4.82. The third-order valence-corrected chi connectivity index (χ3v) is 3.04. The largest absolute Gasteiger partial charge is 0.274 e. The van der Waals surface area contributed by atoms with Crippen molar-refractivity contribution in [3.8, 4) is 0 Å². The average Bonchev–Trinajstić information content (AvgIpc) is 2.08. The van der Waals surface area contributed by atoms with E-state index >= 15 is 0 Å². The van der Waals surface area contributed by atoms with Crippen LogP contribution >= 0.6 is 39.1 Å². The van der Waals surface area contributed by atoms with Crippen LogP contribution in [0.1, 0.15) is 22.5 Å². The second-order valence-corrected chi connectivity index (χ2v) is 3.78. The molecule has 1 aromatic heterocycles. The summed E-state index contributed by atoms with van der Waals surface area (Å²) in [5.41, 5.74) is -0.624. The van der Waals surface area contributed by atoms with E-state index in [2.05, 4.69) is 20.9 Å². The quantitative estimate of drug-likeness (QED) is 0.778. The molecule has 0 bridgehead atoms. The average molecular weight is 305 g/mol. The van der Waals surface area contributed by atoms with Crippen LogP contribution in [-0.2, 0) is 0 Å². The number of alkyl halides is 2. The highest BCUT2D eigenvalue weighted by atomic mass is 79.9. The highest BCUT2D eigenvalue weighted by molar-refractivity contribution is 9.10. The summed E-state index contributed by atoms with van der Waals surface area (Å²) < 4.78 is 24.5. The number of aromatic nitrogens is 1. The second-order valence-electron chi connectivity index (χ2n) is 2.26. The topological polar surface area (TPSA) is 30.0 Å². The van der Waals surface area contributed by atoms with Crippen molar-refractivity contribution in [3.05, 3.63) is 26.9 Å². The number of hydrogen-bond acceptors (Lipinski definition) is 2. The van der Waals surface area contributed by atoms with Crippen molar-refractivity contribution < 1.29 is 13.6 Å². The maximum absolute atomic E-state index is 12.3. The van der Waals surface area contributed by atoms with Gasteiger partial charge in [-0.1, -0.05) is 11.6 Å². The molecule has 0 aliphatic heterocycles. The maximum atomic E-state index is 12.3. The Morgan fingerprint density at radius 3 is 2.57 bits per heavy atom. The number of halogens is 5. The molecule has 76 valence electrons. The van der Waals surface area contributed by atoms with Crippen LogP contribution in [0.25, 0.3) is 0 Å². The van der Waals surface area contributed by atoms with Gasteiger partial charge in [0.05, 0.1) is 10.6 Å². The second kappa shape index (κ2) is 4.51. The molecule has 0 aliphatic rings. The fraction of sp³-hybridized carbons (Fsp3) is 0.143. The van der Waals surface area contributed by atoms with Gasteiger partial charge in [-0.05, 0) is 27.5 Å². The lowest BCUT2D eigenvalue weighted by atomic mass is 10.2. The molecule has 7 heteroatoms. The van der Waals surface area contributed by atoms with Gasteiger partial charge in [0.1, 0.15) is 5.69 Å². The number of carbonyl (C=O) groups excluding carboxylic acids is 1. The molecule has 0 aliphatic carbocycles. The normalized spacial score (nSPS) is 10.7. The Bertz CT molecular complexity index is 386. The molecule has 0 saturated carbocycles. The van der Waals surface area contributed by atoms with Crippen molar-refractivity contribution in [2.45, 2.75) is 6.43 Å². The van der Waals surface area contributed by atoms with E-state index in [-0.39, 0.29) is 20.8 Å². The lowest BCUT2D eigenvalue weighted by Crippen LogP contribution is -1.99. The van der Waals surface area contributed by atoms with Crippen LogP contribution in [0, 0.1) is 0 Å². The molecule has 0 saturated heterocycles. The summed E-state index contributed by atoms with van der Waals surface area (Å²) in [6, 6.07) is 0. The maximum Gasteiger partial charge on any atom is 0.272 e. The van der Waals surface area contributed by atoms with E-state index in [1.54, 1.807) is 0 Å². The Kier molecular flexibility index (Phi) is 3.80. The van der Waals surface area contributed by atoms with Crippen LogP contribution in [-0.4, -0.2) is 10.2 Å². The fourth-order valence-electron chi connectivity index (χ4n) is 0.767. The summed E-state index contributed by atoms with van der Waals surface area (Å²) in [6.07, 6.45) is -1.86. The Labute approximate surface area is 96.3 Å². The van der Waals surface area contributed by atoms with Crippen molar-refractivity contribution in [3.63, 3.8) is 0 Å². The van der Waals surface area contributed by atoms with Gasteiger partial charge in [0, 0.05) is 10.7 Å². The summed E-state index contributed by atoms with van der Waals surface area (Å²) >= 11 is 13.5. The lowest BCUT2D eigenvalue weighted by Gasteiger charge is -2.06. The van der Waals surface area contributed by atoms with E-state index in [4.69, 9.17) is 23.2 Å². The standard InChI is InChI=1S/C7H2BrCl2F2NO/c8-3-2(7(11)12)1-13-5(4(3)9)6(10)14/h1,7H. The summed E-state index contributed by atoms with van der Waals surface area (Å²) in [5.74, 6) is 0.